The molecule has 1 atom stereocenters. The van der Waals surface area contributed by atoms with Crippen molar-refractivity contribution < 1.29 is 9.59 Å². The third-order valence-electron chi connectivity index (χ3n) is 3.87. The highest BCUT2D eigenvalue weighted by molar-refractivity contribution is 5.90. The van der Waals surface area contributed by atoms with Crippen LogP contribution in [-0.2, 0) is 11.3 Å². The van der Waals surface area contributed by atoms with E-state index in [-0.39, 0.29) is 11.9 Å². The number of urea groups is 1. The third-order valence-corrected chi connectivity index (χ3v) is 3.87. The van der Waals surface area contributed by atoms with Crippen molar-refractivity contribution in [2.45, 2.75) is 12.6 Å². The molecule has 3 rings (SSSR count). The van der Waals surface area contributed by atoms with Crippen molar-refractivity contribution in [3.8, 4) is 5.69 Å². The van der Waals surface area contributed by atoms with Gasteiger partial charge in [0.2, 0.25) is 5.91 Å². The van der Waals surface area contributed by atoms with Gasteiger partial charge >= 0.3 is 6.03 Å². The average Bonchev–Trinajstić information content (AvgIpc) is 3.18. The Kier molecular flexibility index (Phi) is 4.01. The summed E-state index contributed by atoms with van der Waals surface area (Å²) in [6.45, 7) is 0.874. The number of carbonyl (C=O) groups excluding carboxylic acids is 2. The van der Waals surface area contributed by atoms with Gasteiger partial charge in [0.05, 0.1) is 12.2 Å². The molecule has 0 radical (unpaired) electrons. The van der Waals surface area contributed by atoms with Crippen molar-refractivity contribution in [2.24, 2.45) is 0 Å². The SMILES string of the molecule is CN1C[C@@H](C(=O)N(C)Cc2cccc(-n3cccn3)c2)NC1=O. The fraction of sp³-hybridized carbons (Fsp3) is 0.312. The summed E-state index contributed by atoms with van der Waals surface area (Å²) in [7, 11) is 3.42. The maximum absolute atomic E-state index is 12.4. The summed E-state index contributed by atoms with van der Waals surface area (Å²) in [4.78, 5) is 27.0. The second-order valence-corrected chi connectivity index (χ2v) is 5.70. The first kappa shape index (κ1) is 15.1. The first-order valence-corrected chi connectivity index (χ1v) is 7.40. The standard InChI is InChI=1S/C16H19N5O2/c1-19(15(22)14-11-20(2)16(23)18-14)10-12-5-3-6-13(9-12)21-8-4-7-17-21/h3-9,14H,10-11H2,1-2H3,(H,18,23)/t14-/m0/s1. The number of likely N-dealkylation sites (N-methyl/N-ethyl adjacent to an activating group) is 2. The number of benzene rings is 1. The van der Waals surface area contributed by atoms with Crippen LogP contribution in [0, 0.1) is 0 Å². The van der Waals surface area contributed by atoms with Crippen molar-refractivity contribution in [3.05, 3.63) is 48.3 Å². The molecule has 0 bridgehead atoms. The van der Waals surface area contributed by atoms with Crippen LogP contribution in [-0.4, -0.2) is 58.2 Å². The van der Waals surface area contributed by atoms with Crippen LogP contribution in [0.4, 0.5) is 4.79 Å². The van der Waals surface area contributed by atoms with E-state index in [0.29, 0.717) is 13.1 Å². The van der Waals surface area contributed by atoms with Crippen molar-refractivity contribution in [1.82, 2.24) is 24.9 Å². The molecule has 23 heavy (non-hydrogen) atoms. The van der Waals surface area contributed by atoms with Crippen LogP contribution >= 0.6 is 0 Å². The summed E-state index contributed by atoms with van der Waals surface area (Å²) >= 11 is 0. The van der Waals surface area contributed by atoms with Crippen molar-refractivity contribution in [2.75, 3.05) is 20.6 Å². The summed E-state index contributed by atoms with van der Waals surface area (Å²) in [5.74, 6) is -0.0906. The Morgan fingerprint density at radius 3 is 2.91 bits per heavy atom. The van der Waals surface area contributed by atoms with Crippen LogP contribution in [0.2, 0.25) is 0 Å². The van der Waals surface area contributed by atoms with Crippen LogP contribution in [0.3, 0.4) is 0 Å². The molecule has 7 nitrogen and oxygen atoms in total. The third kappa shape index (κ3) is 3.18. The van der Waals surface area contributed by atoms with Crippen molar-refractivity contribution in [3.63, 3.8) is 0 Å². The number of rotatable bonds is 4. The Balaban J connectivity index is 1.68. The van der Waals surface area contributed by atoms with Gasteiger partial charge in [-0.1, -0.05) is 12.1 Å². The van der Waals surface area contributed by atoms with Gasteiger partial charge in [0.1, 0.15) is 6.04 Å². The first-order chi connectivity index (χ1) is 11.0. The molecule has 1 saturated heterocycles. The molecule has 0 unspecified atom stereocenters. The molecule has 0 aliphatic carbocycles. The van der Waals surface area contributed by atoms with Gasteiger partial charge in [-0.15, -0.1) is 0 Å². The summed E-state index contributed by atoms with van der Waals surface area (Å²) in [6.07, 6.45) is 3.60. The molecule has 0 saturated carbocycles. The van der Waals surface area contributed by atoms with E-state index in [2.05, 4.69) is 10.4 Å². The molecule has 1 aromatic heterocycles. The van der Waals surface area contributed by atoms with Gasteiger partial charge in [-0.3, -0.25) is 4.79 Å². The zero-order valence-corrected chi connectivity index (χ0v) is 13.1. The summed E-state index contributed by atoms with van der Waals surface area (Å²) in [5, 5.41) is 6.89. The Morgan fingerprint density at radius 1 is 1.43 bits per heavy atom. The maximum Gasteiger partial charge on any atom is 0.317 e. The summed E-state index contributed by atoms with van der Waals surface area (Å²) < 4.78 is 1.78. The van der Waals surface area contributed by atoms with E-state index in [4.69, 9.17) is 0 Å². The fourth-order valence-corrected chi connectivity index (χ4v) is 2.64. The van der Waals surface area contributed by atoms with Gasteiger partial charge in [-0.25, -0.2) is 9.48 Å². The molecule has 3 amide bonds. The van der Waals surface area contributed by atoms with E-state index in [1.54, 1.807) is 29.9 Å². The Bertz CT molecular complexity index is 713. The second-order valence-electron chi connectivity index (χ2n) is 5.70. The fourth-order valence-electron chi connectivity index (χ4n) is 2.64. The monoisotopic (exact) mass is 313 g/mol. The molecular weight excluding hydrogens is 294 g/mol. The Hall–Kier alpha value is -2.83. The predicted octanol–water partition coefficient (Wildman–Crippen LogP) is 0.854. The summed E-state index contributed by atoms with van der Waals surface area (Å²) in [6, 6.07) is 9.04. The van der Waals surface area contributed by atoms with Gasteiger partial charge in [-0.05, 0) is 23.8 Å². The molecule has 1 aromatic carbocycles. The summed E-state index contributed by atoms with van der Waals surface area (Å²) in [5.41, 5.74) is 1.95. The molecule has 1 aliphatic heterocycles. The normalized spacial score (nSPS) is 17.2. The Labute approximate surface area is 134 Å². The number of nitrogens with zero attached hydrogens (tertiary/aromatic N) is 4. The van der Waals surface area contributed by atoms with Crippen LogP contribution in [0.5, 0.6) is 0 Å². The molecule has 2 heterocycles. The lowest BCUT2D eigenvalue weighted by Gasteiger charge is -2.21. The lowest BCUT2D eigenvalue weighted by Crippen LogP contribution is -2.43. The van der Waals surface area contributed by atoms with Gasteiger partial charge < -0.3 is 15.1 Å². The lowest BCUT2D eigenvalue weighted by atomic mass is 10.1. The first-order valence-electron chi connectivity index (χ1n) is 7.40. The molecule has 1 N–H and O–H groups in total. The number of carbonyl (C=O) groups is 2. The lowest BCUT2D eigenvalue weighted by molar-refractivity contribution is -0.132. The van der Waals surface area contributed by atoms with Gasteiger partial charge in [0.25, 0.3) is 0 Å². The van der Waals surface area contributed by atoms with E-state index in [1.807, 2.05) is 36.5 Å². The highest BCUT2D eigenvalue weighted by Crippen LogP contribution is 2.12. The number of aromatic nitrogens is 2. The smallest absolute Gasteiger partial charge is 0.317 e. The number of hydrogen-bond donors (Lipinski definition) is 1. The van der Waals surface area contributed by atoms with E-state index < -0.39 is 6.04 Å². The zero-order chi connectivity index (χ0) is 16.4. The highest BCUT2D eigenvalue weighted by Gasteiger charge is 2.32. The zero-order valence-electron chi connectivity index (χ0n) is 13.1. The molecule has 120 valence electrons. The van der Waals surface area contributed by atoms with Crippen molar-refractivity contribution >= 4 is 11.9 Å². The number of amides is 3. The van der Waals surface area contributed by atoms with E-state index >= 15 is 0 Å². The molecule has 1 fully saturated rings. The van der Waals surface area contributed by atoms with Crippen LogP contribution in [0.1, 0.15) is 5.56 Å². The number of nitrogens with one attached hydrogen (secondary N) is 1. The maximum atomic E-state index is 12.4. The molecule has 7 heteroatoms. The highest BCUT2D eigenvalue weighted by atomic mass is 16.2. The molecule has 2 aromatic rings. The minimum Gasteiger partial charge on any atom is -0.340 e. The van der Waals surface area contributed by atoms with E-state index in [0.717, 1.165) is 11.3 Å². The molecular formula is C16H19N5O2. The minimum atomic E-state index is -0.480. The number of hydrogen-bond acceptors (Lipinski definition) is 3. The van der Waals surface area contributed by atoms with Crippen LogP contribution in [0.15, 0.2) is 42.7 Å². The predicted molar refractivity (Wildman–Crippen MR) is 85.0 cm³/mol. The second kappa shape index (κ2) is 6.12. The van der Waals surface area contributed by atoms with Crippen LogP contribution in [0.25, 0.3) is 5.69 Å². The van der Waals surface area contributed by atoms with E-state index in [9.17, 15) is 9.59 Å². The molecule has 1 aliphatic rings. The average molecular weight is 313 g/mol. The van der Waals surface area contributed by atoms with E-state index in [1.165, 1.54) is 4.90 Å². The van der Waals surface area contributed by atoms with Crippen LogP contribution < -0.4 is 5.32 Å². The van der Waals surface area contributed by atoms with Gasteiger partial charge in [0, 0.05) is 33.0 Å². The minimum absolute atomic E-state index is 0.0906. The van der Waals surface area contributed by atoms with Crippen molar-refractivity contribution in [1.29, 1.82) is 0 Å². The van der Waals surface area contributed by atoms with Gasteiger partial charge in [0.15, 0.2) is 0 Å². The largest absolute Gasteiger partial charge is 0.340 e. The quantitative estimate of drug-likeness (QED) is 0.910. The topological polar surface area (TPSA) is 70.5 Å². The molecule has 0 spiro atoms. The Morgan fingerprint density at radius 2 is 2.26 bits per heavy atom. The van der Waals surface area contributed by atoms with Gasteiger partial charge in [-0.2, -0.15) is 5.10 Å².